The van der Waals surface area contributed by atoms with Crippen LogP contribution >= 0.6 is 0 Å². The molecule has 74 valence electrons. The number of hydrogen-bond donors (Lipinski definition) is 1. The summed E-state index contributed by atoms with van der Waals surface area (Å²) in [6, 6.07) is 0. The molecule has 0 fully saturated rings. The molecule has 0 spiro atoms. The van der Waals surface area contributed by atoms with E-state index in [0.717, 1.165) is 0 Å². The highest BCUT2D eigenvalue weighted by molar-refractivity contribution is 5.87. The lowest BCUT2D eigenvalue weighted by Gasteiger charge is -2.32. The summed E-state index contributed by atoms with van der Waals surface area (Å²) in [7, 11) is 0. The molecule has 0 unspecified atom stereocenters. The zero-order chi connectivity index (χ0) is 10.4. The van der Waals surface area contributed by atoms with Gasteiger partial charge in [0.1, 0.15) is 0 Å². The molecule has 0 amide bonds. The molecule has 0 bridgehead atoms. The third-order valence-electron chi connectivity index (χ3n) is 2.82. The van der Waals surface area contributed by atoms with Crippen LogP contribution in [0.2, 0.25) is 0 Å². The average Bonchev–Trinajstić information content (AvgIpc) is 2.11. The van der Waals surface area contributed by atoms with Crippen molar-refractivity contribution in [1.82, 2.24) is 0 Å². The van der Waals surface area contributed by atoms with Crippen LogP contribution in [0.4, 0.5) is 0 Å². The predicted octanol–water partition coefficient (Wildman–Crippen LogP) is 0.0896. The normalized spacial score (nSPS) is 29.9. The van der Waals surface area contributed by atoms with E-state index in [1.54, 1.807) is 19.9 Å². The van der Waals surface area contributed by atoms with Gasteiger partial charge in [-0.15, -0.1) is 0 Å². The van der Waals surface area contributed by atoms with Crippen LogP contribution in [-0.2, 0) is 4.79 Å². The third kappa shape index (κ3) is 1.37. The van der Waals surface area contributed by atoms with E-state index in [0.29, 0.717) is 0 Å². The Balaban J connectivity index is 3.17. The molecule has 3 nitrogen and oxygen atoms in total. The lowest BCUT2D eigenvalue weighted by atomic mass is 9.77. The van der Waals surface area contributed by atoms with E-state index in [4.69, 9.17) is 0 Å². The van der Waals surface area contributed by atoms with Gasteiger partial charge in [0.15, 0.2) is 0 Å². The van der Waals surface area contributed by atoms with E-state index in [-0.39, 0.29) is 5.57 Å². The van der Waals surface area contributed by atoms with Crippen LogP contribution in [0, 0.1) is 10.8 Å². The number of rotatable bonds is 1. The van der Waals surface area contributed by atoms with Crippen molar-refractivity contribution in [1.29, 1.82) is 0 Å². The minimum atomic E-state index is -1.19. The molecule has 0 saturated heterocycles. The zero-order valence-electron chi connectivity index (χ0n) is 8.42. The summed E-state index contributed by atoms with van der Waals surface area (Å²) in [5.41, 5.74) is -1.01. The first-order valence-electron chi connectivity index (χ1n) is 4.32. The van der Waals surface area contributed by atoms with Crippen LogP contribution in [0.5, 0.6) is 0 Å². The largest absolute Gasteiger partial charge is 0.545 e. The summed E-state index contributed by atoms with van der Waals surface area (Å²) < 4.78 is 0. The summed E-state index contributed by atoms with van der Waals surface area (Å²) in [5, 5.41) is 20.6. The summed E-state index contributed by atoms with van der Waals surface area (Å²) in [4.78, 5) is 10.8. The second-order valence-corrected chi connectivity index (χ2v) is 4.79. The van der Waals surface area contributed by atoms with Crippen molar-refractivity contribution < 1.29 is 15.0 Å². The molecule has 0 aliphatic heterocycles. The Labute approximate surface area is 78.1 Å². The number of aliphatic hydroxyl groups excluding tert-OH is 1. The minimum Gasteiger partial charge on any atom is -0.545 e. The first-order chi connectivity index (χ1) is 5.69. The maximum absolute atomic E-state index is 10.8. The molecule has 1 atom stereocenters. The van der Waals surface area contributed by atoms with Gasteiger partial charge in [0, 0.05) is 10.8 Å². The van der Waals surface area contributed by atoms with Crippen molar-refractivity contribution >= 4 is 5.97 Å². The minimum absolute atomic E-state index is 0.199. The van der Waals surface area contributed by atoms with Crippen molar-refractivity contribution in [3.8, 4) is 0 Å². The molecule has 13 heavy (non-hydrogen) atoms. The van der Waals surface area contributed by atoms with E-state index < -0.39 is 22.9 Å². The van der Waals surface area contributed by atoms with E-state index in [9.17, 15) is 15.0 Å². The van der Waals surface area contributed by atoms with Crippen LogP contribution in [0.3, 0.4) is 0 Å². The molecule has 0 aromatic rings. The van der Waals surface area contributed by atoms with Crippen LogP contribution in [0.25, 0.3) is 0 Å². The Kier molecular flexibility index (Phi) is 2.03. The highest BCUT2D eigenvalue weighted by atomic mass is 16.4. The fraction of sp³-hybridized carbons (Fsp3) is 0.700. The van der Waals surface area contributed by atoms with Gasteiger partial charge in [-0.2, -0.15) is 0 Å². The fourth-order valence-corrected chi connectivity index (χ4v) is 2.04. The molecule has 1 aliphatic rings. The van der Waals surface area contributed by atoms with Crippen molar-refractivity contribution in [3.63, 3.8) is 0 Å². The van der Waals surface area contributed by atoms with Crippen LogP contribution < -0.4 is 5.11 Å². The Morgan fingerprint density at radius 2 is 1.92 bits per heavy atom. The molecule has 1 rings (SSSR count). The molecule has 1 aliphatic carbocycles. The first-order valence-corrected chi connectivity index (χ1v) is 4.32. The van der Waals surface area contributed by atoms with Gasteiger partial charge in [-0.3, -0.25) is 0 Å². The lowest BCUT2D eigenvalue weighted by Crippen LogP contribution is -2.39. The fourth-order valence-electron chi connectivity index (χ4n) is 2.04. The molecular formula is C10H15O3-. The second-order valence-electron chi connectivity index (χ2n) is 4.79. The van der Waals surface area contributed by atoms with Gasteiger partial charge in [-0.25, -0.2) is 0 Å². The Bertz CT molecular complexity index is 274. The molecule has 0 saturated carbocycles. The Morgan fingerprint density at radius 1 is 1.46 bits per heavy atom. The number of aliphatic carboxylic acids is 1. The first kappa shape index (κ1) is 10.3. The molecule has 0 aromatic heterocycles. The number of carboxylic acids is 1. The quantitative estimate of drug-likeness (QED) is 0.626. The van der Waals surface area contributed by atoms with Crippen LogP contribution in [0.15, 0.2) is 11.6 Å². The van der Waals surface area contributed by atoms with Gasteiger partial charge in [0.05, 0.1) is 12.1 Å². The predicted molar refractivity (Wildman–Crippen MR) is 46.7 cm³/mol. The third-order valence-corrected chi connectivity index (χ3v) is 2.82. The molecule has 0 radical (unpaired) electrons. The van der Waals surface area contributed by atoms with Crippen molar-refractivity contribution in [2.45, 2.75) is 33.8 Å². The Morgan fingerprint density at radius 3 is 2.08 bits per heavy atom. The van der Waals surface area contributed by atoms with Crippen LogP contribution in [0.1, 0.15) is 27.7 Å². The number of carboxylic acid groups (broad SMARTS) is 1. The summed E-state index contributed by atoms with van der Waals surface area (Å²) in [6.45, 7) is 7.06. The molecule has 0 aromatic carbocycles. The average molecular weight is 183 g/mol. The highest BCUT2D eigenvalue weighted by Gasteiger charge is 2.47. The smallest absolute Gasteiger partial charge is 0.0717 e. The Hall–Kier alpha value is -0.830. The van der Waals surface area contributed by atoms with Gasteiger partial charge in [-0.05, 0) is 5.57 Å². The topological polar surface area (TPSA) is 60.4 Å². The van der Waals surface area contributed by atoms with E-state index in [2.05, 4.69) is 0 Å². The second kappa shape index (κ2) is 2.58. The lowest BCUT2D eigenvalue weighted by molar-refractivity contribution is -0.300. The molecule has 3 heteroatoms. The number of hydrogen-bond acceptors (Lipinski definition) is 3. The SMILES string of the molecule is CC1(C)C=C(C(=O)[O-])C(C)(C)[C@H]1O. The number of aliphatic hydroxyl groups is 1. The van der Waals surface area contributed by atoms with Gasteiger partial charge >= 0.3 is 0 Å². The number of carbonyl (C=O) groups is 1. The maximum Gasteiger partial charge on any atom is 0.0717 e. The monoisotopic (exact) mass is 183 g/mol. The van der Waals surface area contributed by atoms with Gasteiger partial charge < -0.3 is 15.0 Å². The van der Waals surface area contributed by atoms with Gasteiger partial charge in [0.25, 0.3) is 0 Å². The van der Waals surface area contributed by atoms with Crippen LogP contribution in [-0.4, -0.2) is 17.2 Å². The summed E-state index contributed by atoms with van der Waals surface area (Å²) in [5.74, 6) is -1.19. The number of carbonyl (C=O) groups excluding carboxylic acids is 1. The van der Waals surface area contributed by atoms with Gasteiger partial charge in [0.2, 0.25) is 0 Å². The van der Waals surface area contributed by atoms with Crippen molar-refractivity contribution in [2.24, 2.45) is 10.8 Å². The maximum atomic E-state index is 10.8. The highest BCUT2D eigenvalue weighted by Crippen LogP contribution is 2.47. The zero-order valence-corrected chi connectivity index (χ0v) is 8.42. The molecule has 1 N–H and O–H groups in total. The molecular weight excluding hydrogens is 168 g/mol. The summed E-state index contributed by atoms with van der Waals surface area (Å²) in [6.07, 6.45) is 0.917. The van der Waals surface area contributed by atoms with Gasteiger partial charge in [-0.1, -0.05) is 33.8 Å². The van der Waals surface area contributed by atoms with E-state index in [1.165, 1.54) is 0 Å². The van der Waals surface area contributed by atoms with Crippen molar-refractivity contribution in [2.75, 3.05) is 0 Å². The van der Waals surface area contributed by atoms with Crippen molar-refractivity contribution in [3.05, 3.63) is 11.6 Å². The molecule has 0 heterocycles. The van der Waals surface area contributed by atoms with E-state index >= 15 is 0 Å². The van der Waals surface area contributed by atoms with E-state index in [1.807, 2.05) is 13.8 Å². The standard InChI is InChI=1S/C10H16O3/c1-9(2)5-6(7(11)12)10(3,4)8(9)13/h5,8,13H,1-4H3,(H,11,12)/p-1/t8-/m0/s1. The summed E-state index contributed by atoms with van der Waals surface area (Å²) >= 11 is 0.